The van der Waals surface area contributed by atoms with Crippen molar-refractivity contribution in [2.45, 2.75) is 0 Å². The Labute approximate surface area is 134 Å². The molecule has 0 aliphatic carbocycles. The maximum Gasteiger partial charge on any atom is 0.335 e. The number of halogens is 2. The summed E-state index contributed by atoms with van der Waals surface area (Å²) in [6, 6.07) is 7.56. The van der Waals surface area contributed by atoms with E-state index in [9.17, 15) is 9.59 Å². The summed E-state index contributed by atoms with van der Waals surface area (Å²) in [5, 5.41) is 8.97. The fourth-order valence-electron chi connectivity index (χ4n) is 1.70. The minimum atomic E-state index is -1.02. The maximum absolute atomic E-state index is 12.4. The number of aromatic carboxylic acids is 1. The van der Waals surface area contributed by atoms with Gasteiger partial charge in [0, 0.05) is 23.4 Å². The Morgan fingerprint density at radius 3 is 2.48 bits per heavy atom. The Morgan fingerprint density at radius 1 is 1.29 bits per heavy atom. The first-order valence-corrected chi connectivity index (χ1v) is 6.99. The molecule has 0 fully saturated rings. The second kappa shape index (κ2) is 6.24. The molecular formula is C14H10BrClN2O3. The Bertz CT molecular complexity index is 704. The van der Waals surface area contributed by atoms with E-state index >= 15 is 0 Å². The van der Waals surface area contributed by atoms with Crippen molar-refractivity contribution in [3.8, 4) is 0 Å². The molecule has 1 amide bonds. The number of benzene rings is 1. The van der Waals surface area contributed by atoms with Crippen LogP contribution in [0.15, 0.2) is 41.0 Å². The molecule has 0 spiro atoms. The van der Waals surface area contributed by atoms with Crippen molar-refractivity contribution in [2.75, 3.05) is 11.9 Å². The van der Waals surface area contributed by atoms with Crippen LogP contribution in [0.25, 0.3) is 0 Å². The number of carboxylic acids is 1. The summed E-state index contributed by atoms with van der Waals surface area (Å²) >= 11 is 9.17. The van der Waals surface area contributed by atoms with Crippen LogP contribution in [-0.4, -0.2) is 29.0 Å². The standard InChI is InChI=1S/C14H10BrClN2O3/c1-18(10-4-2-8(3-5-10)14(20)21)13(19)11-6-9(15)7-17-12(11)16/h2-7H,1H3,(H,20,21). The van der Waals surface area contributed by atoms with Crippen molar-refractivity contribution >= 4 is 45.1 Å². The highest BCUT2D eigenvalue weighted by atomic mass is 79.9. The molecule has 0 atom stereocenters. The summed E-state index contributed by atoms with van der Waals surface area (Å²) in [5.74, 6) is -1.35. The van der Waals surface area contributed by atoms with Crippen LogP contribution in [0.1, 0.15) is 20.7 Å². The molecule has 2 aromatic rings. The molecule has 0 aliphatic rings. The van der Waals surface area contributed by atoms with E-state index in [1.165, 1.54) is 23.2 Å². The molecule has 1 aromatic heterocycles. The lowest BCUT2D eigenvalue weighted by Gasteiger charge is -2.18. The first kappa shape index (κ1) is 15.5. The van der Waals surface area contributed by atoms with E-state index in [0.29, 0.717) is 10.2 Å². The van der Waals surface area contributed by atoms with Gasteiger partial charge in [-0.25, -0.2) is 9.78 Å². The summed E-state index contributed by atoms with van der Waals surface area (Å²) < 4.78 is 0.643. The number of hydrogen-bond donors (Lipinski definition) is 1. The highest BCUT2D eigenvalue weighted by molar-refractivity contribution is 9.10. The molecule has 0 radical (unpaired) electrons. The Hall–Kier alpha value is -1.92. The number of pyridine rings is 1. The fourth-order valence-corrected chi connectivity index (χ4v) is 2.21. The Morgan fingerprint density at radius 2 is 1.90 bits per heavy atom. The first-order valence-electron chi connectivity index (χ1n) is 5.82. The van der Waals surface area contributed by atoms with Crippen molar-refractivity contribution in [1.29, 1.82) is 0 Å². The van der Waals surface area contributed by atoms with Crippen molar-refractivity contribution in [2.24, 2.45) is 0 Å². The number of carbonyl (C=O) groups is 2. The normalized spacial score (nSPS) is 10.2. The molecular weight excluding hydrogens is 360 g/mol. The largest absolute Gasteiger partial charge is 0.478 e. The molecule has 0 saturated carbocycles. The number of hydrogen-bond acceptors (Lipinski definition) is 3. The molecule has 0 aliphatic heterocycles. The van der Waals surface area contributed by atoms with E-state index in [1.54, 1.807) is 25.2 Å². The zero-order chi connectivity index (χ0) is 15.6. The van der Waals surface area contributed by atoms with Gasteiger partial charge in [0.25, 0.3) is 5.91 Å². The molecule has 2 rings (SSSR count). The topological polar surface area (TPSA) is 70.5 Å². The lowest BCUT2D eigenvalue weighted by Crippen LogP contribution is -2.26. The van der Waals surface area contributed by atoms with Gasteiger partial charge in [0.2, 0.25) is 0 Å². The Kier molecular flexibility index (Phi) is 4.59. The zero-order valence-electron chi connectivity index (χ0n) is 10.9. The van der Waals surface area contributed by atoms with Gasteiger partial charge in [-0.1, -0.05) is 11.6 Å². The minimum absolute atomic E-state index is 0.109. The van der Waals surface area contributed by atoms with Crippen LogP contribution < -0.4 is 4.90 Å². The number of anilines is 1. The van der Waals surface area contributed by atoms with Crippen LogP contribution in [0.4, 0.5) is 5.69 Å². The van der Waals surface area contributed by atoms with Crippen LogP contribution in [0.2, 0.25) is 5.15 Å². The first-order chi connectivity index (χ1) is 9.90. The van der Waals surface area contributed by atoms with Crippen molar-refractivity contribution in [3.05, 3.63) is 57.3 Å². The van der Waals surface area contributed by atoms with Crippen LogP contribution in [0.3, 0.4) is 0 Å². The van der Waals surface area contributed by atoms with Gasteiger partial charge in [0.1, 0.15) is 5.15 Å². The molecule has 7 heteroatoms. The third-order valence-electron chi connectivity index (χ3n) is 2.84. The summed E-state index contributed by atoms with van der Waals surface area (Å²) in [6.07, 6.45) is 1.50. The van der Waals surface area contributed by atoms with E-state index in [1.807, 2.05) is 0 Å². The third-order valence-corrected chi connectivity index (χ3v) is 3.58. The van der Waals surface area contributed by atoms with Gasteiger partial charge >= 0.3 is 5.97 Å². The Balaban J connectivity index is 2.30. The summed E-state index contributed by atoms with van der Waals surface area (Å²) in [5.41, 5.74) is 0.971. The number of nitrogens with zero attached hydrogens (tertiary/aromatic N) is 2. The van der Waals surface area contributed by atoms with Crippen LogP contribution in [-0.2, 0) is 0 Å². The molecule has 108 valence electrons. The quantitative estimate of drug-likeness (QED) is 0.841. The number of carboxylic acid groups (broad SMARTS) is 1. The molecule has 1 N–H and O–H groups in total. The average molecular weight is 370 g/mol. The third kappa shape index (κ3) is 3.40. The van der Waals surface area contributed by atoms with Crippen molar-refractivity contribution < 1.29 is 14.7 Å². The number of aromatic nitrogens is 1. The summed E-state index contributed by atoms with van der Waals surface area (Å²) in [6.45, 7) is 0. The van der Waals surface area contributed by atoms with E-state index in [-0.39, 0.29) is 22.2 Å². The molecule has 1 heterocycles. The van der Waals surface area contributed by atoms with E-state index in [2.05, 4.69) is 20.9 Å². The maximum atomic E-state index is 12.4. The average Bonchev–Trinajstić information content (AvgIpc) is 2.48. The second-order valence-corrected chi connectivity index (χ2v) is 5.48. The van der Waals surface area contributed by atoms with Crippen LogP contribution in [0, 0.1) is 0 Å². The van der Waals surface area contributed by atoms with Gasteiger partial charge in [-0.05, 0) is 46.3 Å². The summed E-state index contributed by atoms with van der Waals surface area (Å²) in [7, 11) is 1.58. The van der Waals surface area contributed by atoms with Gasteiger partial charge in [-0.3, -0.25) is 4.79 Å². The number of rotatable bonds is 3. The minimum Gasteiger partial charge on any atom is -0.478 e. The fraction of sp³-hybridized carbons (Fsp3) is 0.0714. The van der Waals surface area contributed by atoms with Gasteiger partial charge in [-0.2, -0.15) is 0 Å². The molecule has 1 aromatic carbocycles. The second-order valence-electron chi connectivity index (χ2n) is 4.21. The molecule has 0 saturated heterocycles. The SMILES string of the molecule is CN(C(=O)c1cc(Br)cnc1Cl)c1ccc(C(=O)O)cc1. The molecule has 5 nitrogen and oxygen atoms in total. The predicted molar refractivity (Wildman–Crippen MR) is 83.1 cm³/mol. The predicted octanol–water partition coefficient (Wildman–Crippen LogP) is 3.47. The molecule has 0 unspecified atom stereocenters. The van der Waals surface area contributed by atoms with E-state index in [4.69, 9.17) is 16.7 Å². The van der Waals surface area contributed by atoms with Gasteiger partial charge in [-0.15, -0.1) is 0 Å². The van der Waals surface area contributed by atoms with Crippen LogP contribution >= 0.6 is 27.5 Å². The molecule has 0 bridgehead atoms. The highest BCUT2D eigenvalue weighted by Gasteiger charge is 2.18. The van der Waals surface area contributed by atoms with E-state index in [0.717, 1.165) is 0 Å². The molecule has 21 heavy (non-hydrogen) atoms. The summed E-state index contributed by atoms with van der Waals surface area (Å²) in [4.78, 5) is 28.5. The van der Waals surface area contributed by atoms with E-state index < -0.39 is 5.97 Å². The smallest absolute Gasteiger partial charge is 0.335 e. The zero-order valence-corrected chi connectivity index (χ0v) is 13.2. The van der Waals surface area contributed by atoms with Crippen molar-refractivity contribution in [1.82, 2.24) is 4.98 Å². The van der Waals surface area contributed by atoms with Gasteiger partial charge < -0.3 is 10.0 Å². The highest BCUT2D eigenvalue weighted by Crippen LogP contribution is 2.22. The monoisotopic (exact) mass is 368 g/mol. The lowest BCUT2D eigenvalue weighted by molar-refractivity contribution is 0.0696. The number of carbonyl (C=O) groups excluding carboxylic acids is 1. The van der Waals surface area contributed by atoms with Gasteiger partial charge in [0.15, 0.2) is 0 Å². The number of amides is 1. The van der Waals surface area contributed by atoms with Crippen molar-refractivity contribution in [3.63, 3.8) is 0 Å². The van der Waals surface area contributed by atoms with Crippen LogP contribution in [0.5, 0.6) is 0 Å². The lowest BCUT2D eigenvalue weighted by atomic mass is 10.2. The van der Waals surface area contributed by atoms with Gasteiger partial charge in [0.05, 0.1) is 11.1 Å².